The van der Waals surface area contributed by atoms with Gasteiger partial charge in [-0.15, -0.1) is 0 Å². The minimum absolute atomic E-state index is 0. The molecule has 0 N–H and O–H groups in total. The summed E-state index contributed by atoms with van der Waals surface area (Å²) in [5.41, 5.74) is 0. The SMILES string of the molecule is CC1CCOC1.[Ca+2].[H-].[H-]. The summed E-state index contributed by atoms with van der Waals surface area (Å²) < 4.78 is 5.06. The molecule has 1 aliphatic rings. The minimum Gasteiger partial charge on any atom is -1.00 e. The maximum Gasteiger partial charge on any atom is 2.00 e. The first-order valence-electron chi connectivity index (χ1n) is 2.47. The van der Waals surface area contributed by atoms with Crippen molar-refractivity contribution in [1.82, 2.24) is 0 Å². The van der Waals surface area contributed by atoms with Gasteiger partial charge in [-0.3, -0.25) is 0 Å². The molecule has 1 saturated heterocycles. The average molecular weight is 128 g/mol. The Morgan fingerprint density at radius 1 is 1.71 bits per heavy atom. The molecule has 1 nitrogen and oxygen atoms in total. The molecule has 1 aliphatic heterocycles. The Labute approximate surface area is 77.4 Å². The number of rotatable bonds is 0. The third-order valence-corrected chi connectivity index (χ3v) is 1.16. The van der Waals surface area contributed by atoms with Crippen LogP contribution in [0.4, 0.5) is 0 Å². The van der Waals surface area contributed by atoms with E-state index >= 15 is 0 Å². The van der Waals surface area contributed by atoms with E-state index in [9.17, 15) is 0 Å². The van der Waals surface area contributed by atoms with Crippen LogP contribution in [0.25, 0.3) is 0 Å². The zero-order valence-corrected chi connectivity index (χ0v) is 7.02. The topological polar surface area (TPSA) is 9.23 Å². The summed E-state index contributed by atoms with van der Waals surface area (Å²) >= 11 is 0. The van der Waals surface area contributed by atoms with E-state index in [2.05, 4.69) is 6.92 Å². The Kier molecular flexibility index (Phi) is 4.85. The molecule has 0 radical (unpaired) electrons. The van der Waals surface area contributed by atoms with Crippen LogP contribution in [0.2, 0.25) is 0 Å². The Morgan fingerprint density at radius 3 is 2.57 bits per heavy atom. The van der Waals surface area contributed by atoms with Crippen LogP contribution in [0, 0.1) is 5.92 Å². The van der Waals surface area contributed by atoms with Crippen LogP contribution in [0.15, 0.2) is 0 Å². The quantitative estimate of drug-likeness (QED) is 0.440. The van der Waals surface area contributed by atoms with Crippen LogP contribution < -0.4 is 0 Å². The van der Waals surface area contributed by atoms with Gasteiger partial charge in [0.1, 0.15) is 0 Å². The van der Waals surface area contributed by atoms with Crippen molar-refractivity contribution in [1.29, 1.82) is 0 Å². The predicted octanol–water partition coefficient (Wildman–Crippen LogP) is 0.887. The molecule has 1 rings (SSSR count). The first-order chi connectivity index (χ1) is 2.89. The molecule has 1 unspecified atom stereocenters. The van der Waals surface area contributed by atoms with Gasteiger partial charge < -0.3 is 7.59 Å². The van der Waals surface area contributed by atoms with Gasteiger partial charge in [0, 0.05) is 13.2 Å². The molecule has 0 aromatic carbocycles. The maximum atomic E-state index is 5.06. The Bertz CT molecular complexity index is 48.2. The first-order valence-corrected chi connectivity index (χ1v) is 2.47. The summed E-state index contributed by atoms with van der Waals surface area (Å²) in [4.78, 5) is 0. The zero-order valence-electron chi connectivity index (χ0n) is 6.81. The van der Waals surface area contributed by atoms with Crippen LogP contribution in [0.1, 0.15) is 16.2 Å². The van der Waals surface area contributed by atoms with Crippen molar-refractivity contribution >= 4 is 37.7 Å². The largest absolute Gasteiger partial charge is 2.00 e. The third kappa shape index (κ3) is 2.91. The van der Waals surface area contributed by atoms with Crippen molar-refractivity contribution in [3.8, 4) is 0 Å². The van der Waals surface area contributed by atoms with Gasteiger partial charge in [0.15, 0.2) is 0 Å². The molecule has 0 aromatic heterocycles. The average Bonchev–Trinajstić information content (AvgIpc) is 1.86. The molecule has 1 fully saturated rings. The molecule has 1 atom stereocenters. The Balaban J connectivity index is -0.000000120. The summed E-state index contributed by atoms with van der Waals surface area (Å²) in [5, 5.41) is 0. The normalized spacial score (nSPS) is 29.6. The van der Waals surface area contributed by atoms with Crippen molar-refractivity contribution in [3.05, 3.63) is 0 Å². The van der Waals surface area contributed by atoms with E-state index in [1.807, 2.05) is 0 Å². The van der Waals surface area contributed by atoms with Crippen molar-refractivity contribution in [2.45, 2.75) is 13.3 Å². The molecule has 0 saturated carbocycles. The van der Waals surface area contributed by atoms with Gasteiger partial charge >= 0.3 is 37.7 Å². The maximum absolute atomic E-state index is 5.06. The van der Waals surface area contributed by atoms with Crippen LogP contribution in [0.5, 0.6) is 0 Å². The van der Waals surface area contributed by atoms with Crippen molar-refractivity contribution in [2.24, 2.45) is 5.92 Å². The Hall–Kier alpha value is 1.22. The van der Waals surface area contributed by atoms with E-state index in [4.69, 9.17) is 4.74 Å². The molecule has 2 heteroatoms. The fourth-order valence-corrected chi connectivity index (χ4v) is 0.652. The van der Waals surface area contributed by atoms with Gasteiger partial charge in [-0.2, -0.15) is 0 Å². The van der Waals surface area contributed by atoms with E-state index in [1.165, 1.54) is 6.42 Å². The van der Waals surface area contributed by atoms with Gasteiger partial charge in [0.05, 0.1) is 0 Å². The van der Waals surface area contributed by atoms with E-state index < -0.39 is 0 Å². The molecule has 40 valence electrons. The monoisotopic (exact) mass is 128 g/mol. The van der Waals surface area contributed by atoms with Crippen LogP contribution in [0.3, 0.4) is 0 Å². The standard InChI is InChI=1S/C5H10O.Ca.2H/c1-5-2-3-6-4-5;;;/h5H,2-4H2,1H3;;;/q;+2;2*-1. The number of hydrogen-bond acceptors (Lipinski definition) is 1. The van der Waals surface area contributed by atoms with Crippen molar-refractivity contribution in [2.75, 3.05) is 13.2 Å². The fourth-order valence-electron chi connectivity index (χ4n) is 0.652. The summed E-state index contributed by atoms with van der Waals surface area (Å²) in [6, 6.07) is 0. The third-order valence-electron chi connectivity index (χ3n) is 1.16. The van der Waals surface area contributed by atoms with Gasteiger partial charge in [0.2, 0.25) is 0 Å². The molecular weight excluding hydrogens is 116 g/mol. The van der Waals surface area contributed by atoms with E-state index in [1.54, 1.807) is 0 Å². The smallest absolute Gasteiger partial charge is 1.00 e. The van der Waals surface area contributed by atoms with Crippen LogP contribution in [-0.4, -0.2) is 51.0 Å². The van der Waals surface area contributed by atoms with E-state index in [-0.39, 0.29) is 40.6 Å². The van der Waals surface area contributed by atoms with Crippen molar-refractivity contribution in [3.63, 3.8) is 0 Å². The summed E-state index contributed by atoms with van der Waals surface area (Å²) in [6.07, 6.45) is 1.26. The summed E-state index contributed by atoms with van der Waals surface area (Å²) in [7, 11) is 0. The van der Waals surface area contributed by atoms with Gasteiger partial charge in [-0.05, 0) is 12.3 Å². The minimum atomic E-state index is 0. The molecule has 0 bridgehead atoms. The second-order valence-corrected chi connectivity index (χ2v) is 1.97. The zero-order chi connectivity index (χ0) is 4.41. The first kappa shape index (κ1) is 8.22. The van der Waals surface area contributed by atoms with Crippen LogP contribution in [-0.2, 0) is 4.74 Å². The van der Waals surface area contributed by atoms with Gasteiger partial charge in [-0.25, -0.2) is 0 Å². The molecule has 0 amide bonds. The van der Waals surface area contributed by atoms with Crippen LogP contribution >= 0.6 is 0 Å². The number of ether oxygens (including phenoxy) is 1. The second kappa shape index (κ2) is 4.13. The van der Waals surface area contributed by atoms with Crippen molar-refractivity contribution < 1.29 is 7.59 Å². The molecule has 0 aromatic rings. The van der Waals surface area contributed by atoms with Gasteiger partial charge in [-0.1, -0.05) is 6.92 Å². The summed E-state index contributed by atoms with van der Waals surface area (Å²) in [5.74, 6) is 0.824. The molecule has 7 heavy (non-hydrogen) atoms. The van der Waals surface area contributed by atoms with E-state index in [0.717, 1.165) is 19.1 Å². The molecular formula is C5H12CaO. The van der Waals surface area contributed by atoms with Gasteiger partial charge in [0.25, 0.3) is 0 Å². The Morgan fingerprint density at radius 2 is 2.43 bits per heavy atom. The summed E-state index contributed by atoms with van der Waals surface area (Å²) in [6.45, 7) is 4.19. The predicted molar refractivity (Wildman–Crippen MR) is 32.6 cm³/mol. The molecule has 0 aliphatic carbocycles. The fraction of sp³-hybridized carbons (Fsp3) is 1.00. The molecule has 0 spiro atoms. The molecule has 1 heterocycles. The number of hydrogen-bond donors (Lipinski definition) is 0. The second-order valence-electron chi connectivity index (χ2n) is 1.97. The van der Waals surface area contributed by atoms with E-state index in [0.29, 0.717) is 0 Å².